The Morgan fingerprint density at radius 1 is 1.07 bits per heavy atom. The van der Waals surface area contributed by atoms with E-state index in [9.17, 15) is 4.39 Å². The van der Waals surface area contributed by atoms with E-state index in [1.165, 1.54) is 12.1 Å². The molecule has 0 atom stereocenters. The van der Waals surface area contributed by atoms with Crippen LogP contribution in [0.25, 0.3) is 22.4 Å². The third kappa shape index (κ3) is 3.50. The fourth-order valence-corrected chi connectivity index (χ4v) is 2.75. The van der Waals surface area contributed by atoms with Gasteiger partial charge in [0, 0.05) is 23.5 Å². The van der Waals surface area contributed by atoms with Crippen molar-refractivity contribution in [3.8, 4) is 17.3 Å². The van der Waals surface area contributed by atoms with Crippen molar-refractivity contribution in [2.24, 2.45) is 0 Å². The molecular weight excluding hydrogens is 369 g/mol. The summed E-state index contributed by atoms with van der Waals surface area (Å²) in [6.45, 7) is 0. The summed E-state index contributed by atoms with van der Waals surface area (Å²) in [5.41, 5.74) is 1.83. The fourth-order valence-electron chi connectivity index (χ4n) is 2.57. The van der Waals surface area contributed by atoms with Crippen molar-refractivity contribution in [2.75, 3.05) is 12.4 Å². The molecule has 0 radical (unpaired) electrons. The molecule has 27 heavy (non-hydrogen) atoms. The first-order chi connectivity index (χ1) is 13.1. The monoisotopic (exact) mass is 381 g/mol. The maximum Gasteiger partial charge on any atom is 0.182 e. The molecule has 6 nitrogen and oxygen atoms in total. The summed E-state index contributed by atoms with van der Waals surface area (Å²) in [5.74, 6) is 1.11. The van der Waals surface area contributed by atoms with Gasteiger partial charge in [0.15, 0.2) is 5.82 Å². The molecule has 4 rings (SSSR count). The molecule has 8 heteroatoms. The van der Waals surface area contributed by atoms with Gasteiger partial charge in [-0.05, 0) is 36.4 Å². The Hall–Kier alpha value is -3.32. The molecular formula is C19H13ClFN5O. The molecule has 0 aliphatic rings. The van der Waals surface area contributed by atoms with Crippen LogP contribution in [0.4, 0.5) is 15.9 Å². The zero-order valence-corrected chi connectivity index (χ0v) is 14.9. The Labute approximate surface area is 159 Å². The first-order valence-corrected chi connectivity index (χ1v) is 8.36. The number of anilines is 2. The lowest BCUT2D eigenvalue weighted by Gasteiger charge is -2.12. The topological polar surface area (TPSA) is 72.8 Å². The molecule has 1 N–H and O–H groups in total. The highest BCUT2D eigenvalue weighted by Crippen LogP contribution is 2.30. The number of nitrogens with one attached hydrogen (secondary N) is 1. The zero-order chi connectivity index (χ0) is 18.8. The average molecular weight is 382 g/mol. The molecule has 2 aromatic heterocycles. The molecule has 0 saturated heterocycles. The minimum atomic E-state index is -0.489. The van der Waals surface area contributed by atoms with Gasteiger partial charge in [-0.15, -0.1) is 0 Å². The van der Waals surface area contributed by atoms with Crippen LogP contribution < -0.4 is 10.1 Å². The van der Waals surface area contributed by atoms with Crippen LogP contribution in [0.1, 0.15) is 0 Å². The number of hydrogen-bond donors (Lipinski definition) is 1. The smallest absolute Gasteiger partial charge is 0.182 e. The lowest BCUT2D eigenvalue weighted by atomic mass is 10.2. The molecule has 0 aliphatic carbocycles. The van der Waals surface area contributed by atoms with E-state index in [4.69, 9.17) is 16.3 Å². The first kappa shape index (κ1) is 17.1. The SMILES string of the molecule is COc1ccc2nc(-c3cnccn3)nc(Nc3ccc(F)c(Cl)c3)c2c1. The van der Waals surface area contributed by atoms with Crippen molar-refractivity contribution in [3.63, 3.8) is 0 Å². The van der Waals surface area contributed by atoms with E-state index in [0.717, 1.165) is 5.39 Å². The maximum absolute atomic E-state index is 13.5. The van der Waals surface area contributed by atoms with E-state index >= 15 is 0 Å². The summed E-state index contributed by atoms with van der Waals surface area (Å²) < 4.78 is 18.8. The summed E-state index contributed by atoms with van der Waals surface area (Å²) >= 11 is 5.89. The predicted molar refractivity (Wildman–Crippen MR) is 102 cm³/mol. The Morgan fingerprint density at radius 2 is 1.96 bits per heavy atom. The van der Waals surface area contributed by atoms with Crippen LogP contribution in [-0.4, -0.2) is 27.0 Å². The largest absolute Gasteiger partial charge is 0.497 e. The Kier molecular flexibility index (Phi) is 4.52. The van der Waals surface area contributed by atoms with Crippen molar-refractivity contribution in [1.29, 1.82) is 0 Å². The van der Waals surface area contributed by atoms with Gasteiger partial charge in [-0.2, -0.15) is 0 Å². The number of fused-ring (bicyclic) bond motifs is 1. The molecule has 0 saturated carbocycles. The first-order valence-electron chi connectivity index (χ1n) is 7.98. The second-order valence-electron chi connectivity index (χ2n) is 5.62. The number of benzene rings is 2. The molecule has 4 aromatic rings. The molecule has 2 aromatic carbocycles. The summed E-state index contributed by atoms with van der Waals surface area (Å²) in [6.07, 6.45) is 4.74. The van der Waals surface area contributed by atoms with E-state index in [1.54, 1.807) is 31.8 Å². The number of methoxy groups -OCH3 is 1. The number of nitrogens with zero attached hydrogens (tertiary/aromatic N) is 4. The van der Waals surface area contributed by atoms with Crippen LogP contribution in [-0.2, 0) is 0 Å². The highest BCUT2D eigenvalue weighted by atomic mass is 35.5. The van der Waals surface area contributed by atoms with Crippen LogP contribution in [0.3, 0.4) is 0 Å². The van der Waals surface area contributed by atoms with Crippen molar-refractivity contribution in [2.45, 2.75) is 0 Å². The van der Waals surface area contributed by atoms with Gasteiger partial charge in [0.1, 0.15) is 23.1 Å². The van der Waals surface area contributed by atoms with Gasteiger partial charge >= 0.3 is 0 Å². The van der Waals surface area contributed by atoms with Crippen molar-refractivity contribution in [3.05, 3.63) is 65.8 Å². The molecule has 0 fully saturated rings. The Morgan fingerprint density at radius 3 is 2.70 bits per heavy atom. The van der Waals surface area contributed by atoms with Gasteiger partial charge in [0.05, 0.1) is 23.8 Å². The van der Waals surface area contributed by atoms with E-state index in [-0.39, 0.29) is 5.02 Å². The van der Waals surface area contributed by atoms with Gasteiger partial charge in [-0.1, -0.05) is 11.6 Å². The summed E-state index contributed by atoms with van der Waals surface area (Å²) in [4.78, 5) is 17.5. The zero-order valence-electron chi connectivity index (χ0n) is 14.1. The van der Waals surface area contributed by atoms with Gasteiger partial charge < -0.3 is 10.1 Å². The third-order valence-electron chi connectivity index (χ3n) is 3.88. The van der Waals surface area contributed by atoms with Crippen LogP contribution in [0.15, 0.2) is 55.0 Å². The Bertz CT molecular complexity index is 1120. The number of halogens is 2. The standard InChI is InChI=1S/C19H13ClFN5O/c1-27-12-3-5-16-13(9-12)18(24-11-2-4-15(21)14(20)8-11)26-19(25-16)17-10-22-6-7-23-17/h2-10H,1H3,(H,24,25,26). The summed E-state index contributed by atoms with van der Waals surface area (Å²) in [5, 5.41) is 3.93. The molecule has 134 valence electrons. The number of hydrogen-bond acceptors (Lipinski definition) is 6. The Balaban J connectivity index is 1.88. The van der Waals surface area contributed by atoms with Crippen LogP contribution in [0, 0.1) is 5.82 Å². The predicted octanol–water partition coefficient (Wildman–Crippen LogP) is 4.63. The normalized spacial score (nSPS) is 10.8. The minimum absolute atomic E-state index is 0.0186. The van der Waals surface area contributed by atoms with Crippen LogP contribution >= 0.6 is 11.6 Å². The van der Waals surface area contributed by atoms with Crippen LogP contribution in [0.2, 0.25) is 5.02 Å². The molecule has 0 amide bonds. The fraction of sp³-hybridized carbons (Fsp3) is 0.0526. The number of aromatic nitrogens is 4. The van der Waals surface area contributed by atoms with Gasteiger partial charge in [0.25, 0.3) is 0 Å². The molecule has 0 unspecified atom stereocenters. The second kappa shape index (κ2) is 7.13. The van der Waals surface area contributed by atoms with E-state index in [2.05, 4.69) is 25.3 Å². The van der Waals surface area contributed by atoms with Crippen LogP contribution in [0.5, 0.6) is 5.75 Å². The van der Waals surface area contributed by atoms with Crippen molar-refractivity contribution < 1.29 is 9.13 Å². The summed E-state index contributed by atoms with van der Waals surface area (Å²) in [7, 11) is 1.59. The van der Waals surface area contributed by atoms with Gasteiger partial charge in [0.2, 0.25) is 0 Å². The average Bonchev–Trinajstić information content (AvgIpc) is 2.71. The lowest BCUT2D eigenvalue weighted by Crippen LogP contribution is -2.01. The molecule has 0 aliphatic heterocycles. The lowest BCUT2D eigenvalue weighted by molar-refractivity contribution is 0.415. The highest BCUT2D eigenvalue weighted by Gasteiger charge is 2.12. The maximum atomic E-state index is 13.5. The summed E-state index contributed by atoms with van der Waals surface area (Å²) in [6, 6.07) is 9.83. The molecule has 2 heterocycles. The van der Waals surface area contributed by atoms with Crippen molar-refractivity contribution >= 4 is 34.0 Å². The number of rotatable bonds is 4. The van der Waals surface area contributed by atoms with Crippen molar-refractivity contribution in [1.82, 2.24) is 19.9 Å². The third-order valence-corrected chi connectivity index (χ3v) is 4.17. The number of ether oxygens (including phenoxy) is 1. The van der Waals surface area contributed by atoms with E-state index in [1.807, 2.05) is 18.2 Å². The van der Waals surface area contributed by atoms with E-state index < -0.39 is 5.82 Å². The van der Waals surface area contributed by atoms with Gasteiger partial charge in [-0.3, -0.25) is 4.98 Å². The van der Waals surface area contributed by atoms with Gasteiger partial charge in [-0.25, -0.2) is 19.3 Å². The van der Waals surface area contributed by atoms with E-state index in [0.29, 0.717) is 34.3 Å². The highest BCUT2D eigenvalue weighted by molar-refractivity contribution is 6.31. The minimum Gasteiger partial charge on any atom is -0.497 e. The molecule has 0 spiro atoms. The quantitative estimate of drug-likeness (QED) is 0.555. The molecule has 0 bridgehead atoms. The second-order valence-corrected chi connectivity index (χ2v) is 6.03.